The second-order valence-corrected chi connectivity index (χ2v) is 7.10. The fourth-order valence-electron chi connectivity index (χ4n) is 3.62. The Morgan fingerprint density at radius 1 is 1.08 bits per heavy atom. The molecule has 4 rings (SSSR count). The Labute approximate surface area is 152 Å². The van der Waals surface area contributed by atoms with Crippen molar-refractivity contribution in [2.45, 2.75) is 37.5 Å². The number of halogens is 1. The van der Waals surface area contributed by atoms with E-state index in [9.17, 15) is 14.0 Å². The van der Waals surface area contributed by atoms with Crippen LogP contribution in [-0.2, 0) is 15.0 Å². The molecular weight excluding hydrogens is 331 g/mol. The van der Waals surface area contributed by atoms with Gasteiger partial charge in [0.2, 0.25) is 11.8 Å². The lowest BCUT2D eigenvalue weighted by Crippen LogP contribution is -2.35. The number of hydrogen-bond acceptors (Lipinski definition) is 2. The number of rotatable bonds is 4. The fraction of sp³-hybridized carbons (Fsp3) is 0.333. The summed E-state index contributed by atoms with van der Waals surface area (Å²) in [6.07, 6.45) is 4.02. The molecule has 0 unspecified atom stereocenters. The number of carbonyl (C=O) groups excluding carboxylic acids is 2. The van der Waals surface area contributed by atoms with E-state index < -0.39 is 5.41 Å². The molecule has 2 fully saturated rings. The number of piperidine rings is 1. The Bertz CT molecular complexity index is 843. The van der Waals surface area contributed by atoms with E-state index in [1.165, 1.54) is 12.1 Å². The summed E-state index contributed by atoms with van der Waals surface area (Å²) in [6, 6.07) is 13.6. The predicted molar refractivity (Wildman–Crippen MR) is 98.6 cm³/mol. The van der Waals surface area contributed by atoms with Crippen molar-refractivity contribution in [3.05, 3.63) is 59.9 Å². The van der Waals surface area contributed by atoms with Crippen molar-refractivity contribution >= 4 is 23.2 Å². The van der Waals surface area contributed by atoms with Gasteiger partial charge in [-0.25, -0.2) is 4.39 Å². The lowest BCUT2D eigenvalue weighted by molar-refractivity contribution is -0.119. The average Bonchev–Trinajstić information content (AvgIpc) is 3.45. The van der Waals surface area contributed by atoms with Crippen LogP contribution in [0.15, 0.2) is 48.5 Å². The summed E-state index contributed by atoms with van der Waals surface area (Å²) in [5.41, 5.74) is 1.78. The van der Waals surface area contributed by atoms with Crippen molar-refractivity contribution in [2.24, 2.45) is 0 Å². The van der Waals surface area contributed by atoms with Crippen molar-refractivity contribution in [3.8, 4) is 0 Å². The molecule has 0 aromatic heterocycles. The van der Waals surface area contributed by atoms with Crippen molar-refractivity contribution in [3.63, 3.8) is 0 Å². The zero-order valence-corrected chi connectivity index (χ0v) is 14.5. The first kappa shape index (κ1) is 16.8. The van der Waals surface area contributed by atoms with E-state index in [2.05, 4.69) is 5.32 Å². The molecule has 0 radical (unpaired) electrons. The third kappa shape index (κ3) is 3.09. The molecule has 1 saturated carbocycles. The molecule has 1 saturated heterocycles. The first-order valence-electron chi connectivity index (χ1n) is 9.06. The summed E-state index contributed by atoms with van der Waals surface area (Å²) in [6.45, 7) is 0.718. The first-order valence-corrected chi connectivity index (χ1v) is 9.06. The topological polar surface area (TPSA) is 49.4 Å². The van der Waals surface area contributed by atoms with Crippen LogP contribution in [0, 0.1) is 5.82 Å². The molecule has 0 bridgehead atoms. The predicted octanol–water partition coefficient (Wildman–Crippen LogP) is 4.01. The lowest BCUT2D eigenvalue weighted by Gasteiger charge is -2.27. The van der Waals surface area contributed by atoms with E-state index in [1.54, 1.807) is 17.0 Å². The van der Waals surface area contributed by atoms with Crippen molar-refractivity contribution in [2.75, 3.05) is 16.8 Å². The highest BCUT2D eigenvalue weighted by Crippen LogP contribution is 2.49. The van der Waals surface area contributed by atoms with Gasteiger partial charge >= 0.3 is 0 Å². The monoisotopic (exact) mass is 352 g/mol. The molecule has 0 atom stereocenters. The van der Waals surface area contributed by atoms with Gasteiger partial charge in [-0.1, -0.05) is 18.2 Å². The summed E-state index contributed by atoms with van der Waals surface area (Å²) in [5.74, 6) is -0.250. The van der Waals surface area contributed by atoms with E-state index >= 15 is 0 Å². The highest BCUT2D eigenvalue weighted by Gasteiger charge is 2.51. The van der Waals surface area contributed by atoms with Crippen LogP contribution in [-0.4, -0.2) is 18.4 Å². The van der Waals surface area contributed by atoms with Gasteiger partial charge in [0, 0.05) is 24.3 Å². The van der Waals surface area contributed by atoms with Crippen LogP contribution < -0.4 is 10.2 Å². The number of benzene rings is 2. The molecule has 4 nitrogen and oxygen atoms in total. The molecule has 1 aliphatic heterocycles. The quantitative estimate of drug-likeness (QED) is 0.904. The minimum absolute atomic E-state index is 0.0776. The Balaban J connectivity index is 1.52. The largest absolute Gasteiger partial charge is 0.325 e. The molecule has 1 heterocycles. The number of nitrogens with one attached hydrogen (secondary N) is 1. The van der Waals surface area contributed by atoms with Crippen LogP contribution in [0.25, 0.3) is 0 Å². The fourth-order valence-corrected chi connectivity index (χ4v) is 3.62. The molecule has 2 aliphatic rings. The molecule has 0 spiro atoms. The van der Waals surface area contributed by atoms with Gasteiger partial charge in [-0.2, -0.15) is 0 Å². The molecule has 26 heavy (non-hydrogen) atoms. The van der Waals surface area contributed by atoms with Gasteiger partial charge in [-0.15, -0.1) is 0 Å². The maximum atomic E-state index is 13.2. The average molecular weight is 352 g/mol. The van der Waals surface area contributed by atoms with Crippen LogP contribution in [0.5, 0.6) is 0 Å². The van der Waals surface area contributed by atoms with E-state index in [-0.39, 0.29) is 17.6 Å². The van der Waals surface area contributed by atoms with Gasteiger partial charge in [0.15, 0.2) is 0 Å². The molecule has 1 aliphatic carbocycles. The Morgan fingerprint density at radius 2 is 1.85 bits per heavy atom. The van der Waals surface area contributed by atoms with Crippen LogP contribution in [0.1, 0.15) is 37.7 Å². The van der Waals surface area contributed by atoms with E-state index in [4.69, 9.17) is 0 Å². The maximum absolute atomic E-state index is 13.2. The summed E-state index contributed by atoms with van der Waals surface area (Å²) >= 11 is 0. The SMILES string of the molecule is O=C1CCCCN1c1cccc(NC(=O)C2(c3ccc(F)cc3)CC2)c1. The Hall–Kier alpha value is -2.69. The molecule has 134 valence electrons. The molecule has 5 heteroatoms. The normalized spacial score (nSPS) is 18.5. The van der Waals surface area contributed by atoms with E-state index in [0.717, 1.165) is 43.5 Å². The number of hydrogen-bond donors (Lipinski definition) is 1. The van der Waals surface area contributed by atoms with Gasteiger partial charge in [0.25, 0.3) is 0 Å². The van der Waals surface area contributed by atoms with Crippen LogP contribution in [0.3, 0.4) is 0 Å². The zero-order valence-electron chi connectivity index (χ0n) is 14.5. The maximum Gasteiger partial charge on any atom is 0.235 e. The highest BCUT2D eigenvalue weighted by molar-refractivity contribution is 6.02. The van der Waals surface area contributed by atoms with Gasteiger partial charge in [-0.05, 0) is 61.6 Å². The molecular formula is C21H21FN2O2. The molecule has 2 aromatic carbocycles. The Kier molecular flexibility index (Phi) is 4.23. The van der Waals surface area contributed by atoms with Crippen molar-refractivity contribution < 1.29 is 14.0 Å². The minimum atomic E-state index is -0.565. The third-order valence-electron chi connectivity index (χ3n) is 5.32. The zero-order chi connectivity index (χ0) is 18.1. The lowest BCUT2D eigenvalue weighted by atomic mass is 9.95. The van der Waals surface area contributed by atoms with Crippen LogP contribution >= 0.6 is 0 Å². The second-order valence-electron chi connectivity index (χ2n) is 7.10. The summed E-state index contributed by atoms with van der Waals surface area (Å²) in [5, 5.41) is 2.98. The van der Waals surface area contributed by atoms with Gasteiger partial charge in [-0.3, -0.25) is 9.59 Å². The van der Waals surface area contributed by atoms with Crippen molar-refractivity contribution in [1.29, 1.82) is 0 Å². The number of amides is 2. The number of anilines is 2. The standard InChI is InChI=1S/C21H21FN2O2/c22-16-9-7-15(8-10-16)21(11-12-21)20(26)23-17-4-3-5-18(14-17)24-13-2-1-6-19(24)25/h3-5,7-10,14H,1-2,6,11-13H2,(H,23,26). The molecule has 2 aromatic rings. The van der Waals surface area contributed by atoms with Gasteiger partial charge < -0.3 is 10.2 Å². The van der Waals surface area contributed by atoms with Gasteiger partial charge in [0.1, 0.15) is 5.82 Å². The smallest absolute Gasteiger partial charge is 0.235 e. The van der Waals surface area contributed by atoms with Crippen LogP contribution in [0.4, 0.5) is 15.8 Å². The molecule has 1 N–H and O–H groups in total. The second kappa shape index (κ2) is 6.56. The summed E-state index contributed by atoms with van der Waals surface area (Å²) in [7, 11) is 0. The summed E-state index contributed by atoms with van der Waals surface area (Å²) < 4.78 is 13.2. The van der Waals surface area contributed by atoms with Gasteiger partial charge in [0.05, 0.1) is 5.41 Å². The minimum Gasteiger partial charge on any atom is -0.325 e. The summed E-state index contributed by atoms with van der Waals surface area (Å²) in [4.78, 5) is 26.8. The number of nitrogens with zero attached hydrogens (tertiary/aromatic N) is 1. The first-order chi connectivity index (χ1) is 12.6. The third-order valence-corrected chi connectivity index (χ3v) is 5.32. The highest BCUT2D eigenvalue weighted by atomic mass is 19.1. The van der Waals surface area contributed by atoms with E-state index in [0.29, 0.717) is 12.1 Å². The van der Waals surface area contributed by atoms with Crippen LogP contribution in [0.2, 0.25) is 0 Å². The number of carbonyl (C=O) groups is 2. The molecule has 2 amide bonds. The Morgan fingerprint density at radius 3 is 2.54 bits per heavy atom. The van der Waals surface area contributed by atoms with Crippen molar-refractivity contribution in [1.82, 2.24) is 0 Å². The van der Waals surface area contributed by atoms with E-state index in [1.807, 2.05) is 24.3 Å².